The number of aromatic nitrogens is 1. The van der Waals surface area contributed by atoms with Crippen molar-refractivity contribution in [2.24, 2.45) is 0 Å². The van der Waals surface area contributed by atoms with E-state index in [1.54, 1.807) is 11.3 Å². The van der Waals surface area contributed by atoms with Gasteiger partial charge in [0, 0.05) is 11.7 Å². The van der Waals surface area contributed by atoms with Gasteiger partial charge in [-0.2, -0.15) is 11.8 Å². The first-order valence-corrected chi connectivity index (χ1v) is 7.81. The summed E-state index contributed by atoms with van der Waals surface area (Å²) in [6.45, 7) is 2.19. The standard InChI is InChI=1S/C12H17N3S2/c1-8(5-6-16-2)14-12-15-10-4-3-9(13)7-11(10)17-12/h3-4,7-8H,5-6,13H2,1-2H3,(H,14,15). The average molecular weight is 267 g/mol. The zero-order valence-corrected chi connectivity index (χ0v) is 11.7. The average Bonchev–Trinajstić information content (AvgIpc) is 2.67. The third kappa shape index (κ3) is 3.26. The molecule has 0 spiro atoms. The van der Waals surface area contributed by atoms with Gasteiger partial charge in [-0.15, -0.1) is 0 Å². The Hall–Kier alpha value is -0.940. The van der Waals surface area contributed by atoms with Crippen molar-refractivity contribution < 1.29 is 0 Å². The molecule has 1 heterocycles. The molecule has 0 bridgehead atoms. The monoisotopic (exact) mass is 267 g/mol. The van der Waals surface area contributed by atoms with Gasteiger partial charge in [-0.3, -0.25) is 0 Å². The molecular weight excluding hydrogens is 250 g/mol. The van der Waals surface area contributed by atoms with Crippen LogP contribution in [0.4, 0.5) is 10.8 Å². The van der Waals surface area contributed by atoms with Gasteiger partial charge >= 0.3 is 0 Å². The van der Waals surface area contributed by atoms with Crippen LogP contribution in [0.15, 0.2) is 18.2 Å². The second kappa shape index (κ2) is 5.60. The number of nitrogens with two attached hydrogens (primary N) is 1. The summed E-state index contributed by atoms with van der Waals surface area (Å²) in [6.07, 6.45) is 3.28. The van der Waals surface area contributed by atoms with Crippen molar-refractivity contribution in [2.45, 2.75) is 19.4 Å². The van der Waals surface area contributed by atoms with E-state index in [1.807, 2.05) is 30.0 Å². The topological polar surface area (TPSA) is 50.9 Å². The molecule has 3 nitrogen and oxygen atoms in total. The van der Waals surface area contributed by atoms with E-state index in [4.69, 9.17) is 5.73 Å². The van der Waals surface area contributed by atoms with Gasteiger partial charge in [0.15, 0.2) is 5.13 Å². The molecule has 5 heteroatoms. The van der Waals surface area contributed by atoms with Crippen molar-refractivity contribution in [2.75, 3.05) is 23.1 Å². The molecule has 0 aliphatic rings. The van der Waals surface area contributed by atoms with E-state index in [-0.39, 0.29) is 0 Å². The maximum absolute atomic E-state index is 5.76. The van der Waals surface area contributed by atoms with Crippen LogP contribution in [-0.4, -0.2) is 23.0 Å². The Kier molecular flexibility index (Phi) is 4.12. The van der Waals surface area contributed by atoms with Gasteiger partial charge in [-0.1, -0.05) is 11.3 Å². The maximum Gasteiger partial charge on any atom is 0.184 e. The number of nitrogen functional groups attached to an aromatic ring is 1. The number of rotatable bonds is 5. The van der Waals surface area contributed by atoms with Crippen molar-refractivity contribution in [3.63, 3.8) is 0 Å². The van der Waals surface area contributed by atoms with E-state index in [0.29, 0.717) is 6.04 Å². The van der Waals surface area contributed by atoms with Gasteiger partial charge in [-0.25, -0.2) is 4.98 Å². The van der Waals surface area contributed by atoms with Crippen LogP contribution in [0.1, 0.15) is 13.3 Å². The number of anilines is 2. The number of thioether (sulfide) groups is 1. The highest BCUT2D eigenvalue weighted by Gasteiger charge is 2.07. The van der Waals surface area contributed by atoms with Crippen LogP contribution >= 0.6 is 23.1 Å². The van der Waals surface area contributed by atoms with Crippen molar-refractivity contribution in [1.82, 2.24) is 4.98 Å². The van der Waals surface area contributed by atoms with Crippen LogP contribution < -0.4 is 11.1 Å². The second-order valence-electron chi connectivity index (χ2n) is 4.07. The number of benzene rings is 1. The Labute approximate surface area is 110 Å². The minimum Gasteiger partial charge on any atom is -0.399 e. The minimum absolute atomic E-state index is 0.459. The third-order valence-corrected chi connectivity index (χ3v) is 4.13. The van der Waals surface area contributed by atoms with Crippen molar-refractivity contribution in [3.8, 4) is 0 Å². The van der Waals surface area contributed by atoms with E-state index in [1.165, 1.54) is 5.75 Å². The zero-order chi connectivity index (χ0) is 12.3. The van der Waals surface area contributed by atoms with Crippen LogP contribution in [0.3, 0.4) is 0 Å². The van der Waals surface area contributed by atoms with Crippen molar-refractivity contribution in [1.29, 1.82) is 0 Å². The maximum atomic E-state index is 5.76. The fraction of sp³-hybridized carbons (Fsp3) is 0.417. The number of fused-ring (bicyclic) bond motifs is 1. The lowest BCUT2D eigenvalue weighted by molar-refractivity contribution is 0.771. The van der Waals surface area contributed by atoms with E-state index in [0.717, 1.165) is 27.5 Å². The lowest BCUT2D eigenvalue weighted by Gasteiger charge is -2.11. The van der Waals surface area contributed by atoms with Crippen LogP contribution in [-0.2, 0) is 0 Å². The first-order valence-electron chi connectivity index (χ1n) is 5.60. The lowest BCUT2D eigenvalue weighted by Crippen LogP contribution is -2.15. The van der Waals surface area contributed by atoms with E-state index in [2.05, 4.69) is 23.5 Å². The Balaban J connectivity index is 2.08. The molecule has 0 amide bonds. The first-order chi connectivity index (χ1) is 8.19. The highest BCUT2D eigenvalue weighted by molar-refractivity contribution is 7.98. The fourth-order valence-corrected chi connectivity index (χ4v) is 3.20. The Morgan fingerprint density at radius 1 is 1.53 bits per heavy atom. The van der Waals surface area contributed by atoms with Gasteiger partial charge in [-0.05, 0) is 43.6 Å². The summed E-state index contributed by atoms with van der Waals surface area (Å²) in [5.41, 5.74) is 7.57. The quantitative estimate of drug-likeness (QED) is 0.815. The number of thiazole rings is 1. The van der Waals surface area contributed by atoms with Gasteiger partial charge in [0.2, 0.25) is 0 Å². The molecule has 1 aromatic heterocycles. The molecular formula is C12H17N3S2. The summed E-state index contributed by atoms with van der Waals surface area (Å²) >= 11 is 3.54. The SMILES string of the molecule is CSCCC(C)Nc1nc2ccc(N)cc2s1. The number of hydrogen-bond donors (Lipinski definition) is 2. The molecule has 1 aromatic carbocycles. The molecule has 1 atom stereocenters. The molecule has 0 saturated heterocycles. The molecule has 3 N–H and O–H groups in total. The summed E-state index contributed by atoms with van der Waals surface area (Å²) in [7, 11) is 0. The summed E-state index contributed by atoms with van der Waals surface area (Å²) in [5, 5.41) is 4.42. The van der Waals surface area contributed by atoms with Gasteiger partial charge < -0.3 is 11.1 Å². The smallest absolute Gasteiger partial charge is 0.184 e. The van der Waals surface area contributed by atoms with E-state index >= 15 is 0 Å². The second-order valence-corrected chi connectivity index (χ2v) is 6.09. The highest BCUT2D eigenvalue weighted by Crippen LogP contribution is 2.28. The van der Waals surface area contributed by atoms with Crippen molar-refractivity contribution >= 4 is 44.1 Å². The molecule has 17 heavy (non-hydrogen) atoms. The molecule has 92 valence electrons. The Bertz CT molecular complexity index is 495. The summed E-state index contributed by atoms with van der Waals surface area (Å²) in [6, 6.07) is 6.30. The fourth-order valence-electron chi connectivity index (χ4n) is 1.58. The van der Waals surface area contributed by atoms with E-state index in [9.17, 15) is 0 Å². The molecule has 0 aliphatic carbocycles. The van der Waals surface area contributed by atoms with Gasteiger partial charge in [0.1, 0.15) is 0 Å². The molecule has 0 saturated carbocycles. The minimum atomic E-state index is 0.459. The van der Waals surface area contributed by atoms with Crippen molar-refractivity contribution in [3.05, 3.63) is 18.2 Å². The van der Waals surface area contributed by atoms with Crippen LogP contribution in [0.2, 0.25) is 0 Å². The molecule has 0 fully saturated rings. The normalized spacial score (nSPS) is 12.8. The summed E-state index contributed by atoms with van der Waals surface area (Å²) in [5.74, 6) is 1.17. The molecule has 0 radical (unpaired) electrons. The van der Waals surface area contributed by atoms with E-state index < -0.39 is 0 Å². The van der Waals surface area contributed by atoms with Gasteiger partial charge in [0.05, 0.1) is 10.2 Å². The number of hydrogen-bond acceptors (Lipinski definition) is 5. The highest BCUT2D eigenvalue weighted by atomic mass is 32.2. The van der Waals surface area contributed by atoms with Crippen LogP contribution in [0.5, 0.6) is 0 Å². The number of nitrogens with one attached hydrogen (secondary N) is 1. The largest absolute Gasteiger partial charge is 0.399 e. The lowest BCUT2D eigenvalue weighted by atomic mass is 10.3. The predicted octanol–water partition coefficient (Wildman–Crippen LogP) is 3.43. The zero-order valence-electron chi connectivity index (χ0n) is 10.1. The number of nitrogens with zero attached hydrogens (tertiary/aromatic N) is 1. The predicted molar refractivity (Wildman–Crippen MR) is 80.1 cm³/mol. The molecule has 2 rings (SSSR count). The Morgan fingerprint density at radius 2 is 2.35 bits per heavy atom. The summed E-state index contributed by atoms with van der Waals surface area (Å²) < 4.78 is 1.14. The third-order valence-electron chi connectivity index (χ3n) is 2.54. The van der Waals surface area contributed by atoms with Gasteiger partial charge in [0.25, 0.3) is 0 Å². The molecule has 0 aliphatic heterocycles. The van der Waals surface area contributed by atoms with Crippen LogP contribution in [0.25, 0.3) is 10.2 Å². The van der Waals surface area contributed by atoms with Crippen LogP contribution in [0, 0.1) is 0 Å². The summed E-state index contributed by atoms with van der Waals surface area (Å²) in [4.78, 5) is 4.55. The molecule has 2 aromatic rings. The molecule has 1 unspecified atom stereocenters. The Morgan fingerprint density at radius 3 is 3.12 bits per heavy atom. The first kappa shape index (κ1) is 12.5.